The van der Waals surface area contributed by atoms with E-state index < -0.39 is 0 Å². The van der Waals surface area contributed by atoms with E-state index >= 15 is 0 Å². The Morgan fingerprint density at radius 2 is 1.79 bits per heavy atom. The largest absolute Gasteiger partial charge is 0.369 e. The average molecular weight is 296 g/mol. The first-order chi connectivity index (χ1) is 9.04. The van der Waals surface area contributed by atoms with E-state index in [2.05, 4.69) is 15.5 Å². The third-order valence-electron chi connectivity index (χ3n) is 3.06. The maximum atomic E-state index is 6.04. The van der Waals surface area contributed by atoms with Crippen LogP contribution in [0.1, 0.15) is 18.1 Å². The minimum Gasteiger partial charge on any atom is -0.369 e. The number of nitrogens with zero attached hydrogens (tertiary/aromatic N) is 2. The molecule has 5 heteroatoms. The molecule has 2 aromatic rings. The summed E-state index contributed by atoms with van der Waals surface area (Å²) in [6.45, 7) is 6.91. The number of anilines is 1. The Hall–Kier alpha value is -1.32. The summed E-state index contributed by atoms with van der Waals surface area (Å²) >= 11 is 12.0. The van der Waals surface area contributed by atoms with Crippen molar-refractivity contribution in [3.05, 3.63) is 39.4 Å². The summed E-state index contributed by atoms with van der Waals surface area (Å²) < 4.78 is 0. The van der Waals surface area contributed by atoms with Crippen LogP contribution in [-0.4, -0.2) is 16.7 Å². The molecule has 1 heterocycles. The van der Waals surface area contributed by atoms with Gasteiger partial charge in [0.15, 0.2) is 5.82 Å². The van der Waals surface area contributed by atoms with Crippen LogP contribution in [0.5, 0.6) is 0 Å². The summed E-state index contributed by atoms with van der Waals surface area (Å²) in [5.41, 5.74) is 3.94. The number of rotatable bonds is 3. The lowest BCUT2D eigenvalue weighted by Gasteiger charge is -2.12. The summed E-state index contributed by atoms with van der Waals surface area (Å²) in [7, 11) is 0. The van der Waals surface area contributed by atoms with E-state index in [0.717, 1.165) is 34.7 Å². The van der Waals surface area contributed by atoms with E-state index in [9.17, 15) is 0 Å². The second-order valence-electron chi connectivity index (χ2n) is 4.31. The molecule has 0 radical (unpaired) electrons. The Labute approximate surface area is 123 Å². The molecule has 0 bridgehead atoms. The molecule has 0 aliphatic heterocycles. The van der Waals surface area contributed by atoms with Crippen LogP contribution in [0.25, 0.3) is 11.3 Å². The maximum Gasteiger partial charge on any atom is 0.151 e. The quantitative estimate of drug-likeness (QED) is 0.906. The molecular formula is C14H15Cl2N3. The molecule has 0 saturated heterocycles. The van der Waals surface area contributed by atoms with Crippen molar-refractivity contribution in [3.63, 3.8) is 0 Å². The van der Waals surface area contributed by atoms with Crippen LogP contribution in [0.3, 0.4) is 0 Å². The number of hydrogen-bond acceptors (Lipinski definition) is 3. The summed E-state index contributed by atoms with van der Waals surface area (Å²) in [6, 6.07) is 5.48. The summed E-state index contributed by atoms with van der Waals surface area (Å²) in [5, 5.41) is 12.8. The molecule has 1 N–H and O–H groups in total. The lowest BCUT2D eigenvalue weighted by molar-refractivity contribution is 0.987. The van der Waals surface area contributed by atoms with Crippen molar-refractivity contribution in [2.24, 2.45) is 0 Å². The summed E-state index contributed by atoms with van der Waals surface area (Å²) in [4.78, 5) is 0. The highest BCUT2D eigenvalue weighted by atomic mass is 35.5. The van der Waals surface area contributed by atoms with Crippen molar-refractivity contribution in [1.82, 2.24) is 10.2 Å². The highest BCUT2D eigenvalue weighted by molar-refractivity contribution is 6.42. The second-order valence-corrected chi connectivity index (χ2v) is 5.12. The van der Waals surface area contributed by atoms with Crippen molar-refractivity contribution in [3.8, 4) is 11.3 Å². The molecule has 100 valence electrons. The van der Waals surface area contributed by atoms with Gasteiger partial charge >= 0.3 is 0 Å². The van der Waals surface area contributed by atoms with Crippen molar-refractivity contribution >= 4 is 29.0 Å². The first kappa shape index (κ1) is 14.1. The molecule has 0 aliphatic rings. The fraction of sp³-hybridized carbons (Fsp3) is 0.286. The molecule has 19 heavy (non-hydrogen) atoms. The third kappa shape index (κ3) is 2.82. The first-order valence-corrected chi connectivity index (χ1v) is 6.83. The molecule has 0 aliphatic carbocycles. The van der Waals surface area contributed by atoms with Gasteiger partial charge in [-0.25, -0.2) is 0 Å². The topological polar surface area (TPSA) is 37.8 Å². The van der Waals surface area contributed by atoms with Crippen LogP contribution in [0.2, 0.25) is 10.0 Å². The standard InChI is InChI=1S/C14H15Cl2N3/c1-4-17-14-9(3)8(2)13(18-19-14)10-5-6-11(15)12(16)7-10/h5-7H,4H2,1-3H3,(H,17,19). The van der Waals surface area contributed by atoms with Gasteiger partial charge < -0.3 is 5.32 Å². The van der Waals surface area contributed by atoms with Gasteiger partial charge in [0.25, 0.3) is 0 Å². The van der Waals surface area contributed by atoms with Crippen molar-refractivity contribution in [2.45, 2.75) is 20.8 Å². The predicted molar refractivity (Wildman–Crippen MR) is 81.1 cm³/mol. The molecule has 1 aromatic heterocycles. The van der Waals surface area contributed by atoms with Gasteiger partial charge in [0, 0.05) is 12.1 Å². The molecule has 0 fully saturated rings. The monoisotopic (exact) mass is 295 g/mol. The van der Waals surface area contributed by atoms with Crippen LogP contribution >= 0.6 is 23.2 Å². The molecular weight excluding hydrogens is 281 g/mol. The predicted octanol–water partition coefficient (Wildman–Crippen LogP) is 4.50. The molecule has 0 atom stereocenters. The van der Waals surface area contributed by atoms with E-state index in [1.54, 1.807) is 6.07 Å². The van der Waals surface area contributed by atoms with Gasteiger partial charge in [0.1, 0.15) is 0 Å². The van der Waals surface area contributed by atoms with Gasteiger partial charge in [-0.05, 0) is 44.0 Å². The lowest BCUT2D eigenvalue weighted by atomic mass is 10.0. The molecule has 0 saturated carbocycles. The zero-order chi connectivity index (χ0) is 14.0. The second kappa shape index (κ2) is 5.76. The summed E-state index contributed by atoms with van der Waals surface area (Å²) in [5.74, 6) is 0.823. The van der Waals surface area contributed by atoms with E-state index in [1.807, 2.05) is 32.9 Å². The smallest absolute Gasteiger partial charge is 0.151 e. The van der Waals surface area contributed by atoms with Gasteiger partial charge in [0.05, 0.1) is 15.7 Å². The molecule has 3 nitrogen and oxygen atoms in total. The normalized spacial score (nSPS) is 10.6. The minimum atomic E-state index is 0.522. The highest BCUT2D eigenvalue weighted by Gasteiger charge is 2.12. The molecule has 0 amide bonds. The van der Waals surface area contributed by atoms with Gasteiger partial charge in [-0.1, -0.05) is 29.3 Å². The maximum absolute atomic E-state index is 6.04. The Morgan fingerprint density at radius 1 is 1.05 bits per heavy atom. The van der Waals surface area contributed by atoms with Crippen molar-refractivity contribution in [2.75, 3.05) is 11.9 Å². The number of hydrogen-bond donors (Lipinski definition) is 1. The third-order valence-corrected chi connectivity index (χ3v) is 3.80. The molecule has 2 rings (SSSR count). The fourth-order valence-electron chi connectivity index (χ4n) is 1.86. The number of benzene rings is 1. The average Bonchev–Trinajstić information content (AvgIpc) is 2.39. The van der Waals surface area contributed by atoms with Crippen LogP contribution in [0.4, 0.5) is 5.82 Å². The summed E-state index contributed by atoms with van der Waals surface area (Å²) in [6.07, 6.45) is 0. The van der Waals surface area contributed by atoms with Gasteiger partial charge in [-0.3, -0.25) is 0 Å². The van der Waals surface area contributed by atoms with E-state index in [4.69, 9.17) is 23.2 Å². The molecule has 0 spiro atoms. The van der Waals surface area contributed by atoms with Crippen molar-refractivity contribution < 1.29 is 0 Å². The number of nitrogens with one attached hydrogen (secondary N) is 1. The van der Waals surface area contributed by atoms with Crippen LogP contribution in [-0.2, 0) is 0 Å². The Morgan fingerprint density at radius 3 is 2.42 bits per heavy atom. The van der Waals surface area contributed by atoms with E-state index in [1.165, 1.54) is 0 Å². The van der Waals surface area contributed by atoms with Gasteiger partial charge in [0.2, 0.25) is 0 Å². The Balaban J connectivity index is 2.51. The zero-order valence-electron chi connectivity index (χ0n) is 11.1. The number of halogens is 2. The SMILES string of the molecule is CCNc1nnc(-c2ccc(Cl)c(Cl)c2)c(C)c1C. The molecule has 1 aromatic carbocycles. The van der Waals surface area contributed by atoms with Crippen LogP contribution < -0.4 is 5.32 Å². The Kier molecular flexibility index (Phi) is 4.27. The number of aromatic nitrogens is 2. The fourth-order valence-corrected chi connectivity index (χ4v) is 2.16. The van der Waals surface area contributed by atoms with Crippen LogP contribution in [0.15, 0.2) is 18.2 Å². The first-order valence-electron chi connectivity index (χ1n) is 6.07. The van der Waals surface area contributed by atoms with E-state index in [0.29, 0.717) is 10.0 Å². The molecule has 0 unspecified atom stereocenters. The lowest BCUT2D eigenvalue weighted by Crippen LogP contribution is -2.06. The van der Waals surface area contributed by atoms with Gasteiger partial charge in [-0.15, -0.1) is 10.2 Å². The zero-order valence-corrected chi connectivity index (χ0v) is 12.6. The van der Waals surface area contributed by atoms with Crippen LogP contribution in [0, 0.1) is 13.8 Å². The van der Waals surface area contributed by atoms with Crippen molar-refractivity contribution in [1.29, 1.82) is 0 Å². The van der Waals surface area contributed by atoms with E-state index in [-0.39, 0.29) is 0 Å². The Bertz CT molecular complexity index is 612. The minimum absolute atomic E-state index is 0.522. The van der Waals surface area contributed by atoms with Gasteiger partial charge in [-0.2, -0.15) is 0 Å². The highest BCUT2D eigenvalue weighted by Crippen LogP contribution is 2.30.